The Morgan fingerprint density at radius 3 is 2.59 bits per heavy atom. The molecule has 29 heavy (non-hydrogen) atoms. The van der Waals surface area contributed by atoms with E-state index in [1.54, 1.807) is 0 Å². The van der Waals surface area contributed by atoms with Gasteiger partial charge < -0.3 is 4.74 Å². The van der Waals surface area contributed by atoms with E-state index in [-0.39, 0.29) is 16.8 Å². The molecule has 0 atom stereocenters. The largest absolute Gasteiger partial charge is 0.452 e. The third-order valence-corrected chi connectivity index (χ3v) is 4.91. The van der Waals surface area contributed by atoms with Crippen LogP contribution in [0.15, 0.2) is 47.8 Å². The van der Waals surface area contributed by atoms with Gasteiger partial charge in [0.05, 0.1) is 16.2 Å². The monoisotopic (exact) mass is 411 g/mol. The van der Waals surface area contributed by atoms with Crippen LogP contribution in [0.2, 0.25) is 0 Å². The summed E-state index contributed by atoms with van der Waals surface area (Å²) in [5.41, 5.74) is 2.84. The van der Waals surface area contributed by atoms with Gasteiger partial charge >= 0.3 is 5.97 Å². The standard InChI is InChI=1S/C20H17N3O5S/c1-12-6-8-14(9-7-12)16-11-29-20(21-16)22-18(24)10-28-19(25)15-4-3-5-17(13(15)2)23(26)27/h3-9,11H,10H2,1-2H3,(H,21,22,24). The van der Waals surface area contributed by atoms with E-state index < -0.39 is 23.4 Å². The van der Waals surface area contributed by atoms with Gasteiger partial charge in [0, 0.05) is 22.6 Å². The number of hydrogen-bond acceptors (Lipinski definition) is 7. The molecule has 0 bridgehead atoms. The van der Waals surface area contributed by atoms with Crippen molar-refractivity contribution in [1.82, 2.24) is 4.98 Å². The highest BCUT2D eigenvalue weighted by molar-refractivity contribution is 7.14. The second-order valence-corrected chi connectivity index (χ2v) is 7.09. The maximum atomic E-state index is 12.2. The fraction of sp³-hybridized carbons (Fsp3) is 0.150. The molecule has 8 nitrogen and oxygen atoms in total. The molecule has 2 aromatic carbocycles. The summed E-state index contributed by atoms with van der Waals surface area (Å²) < 4.78 is 4.99. The maximum absolute atomic E-state index is 12.2. The van der Waals surface area contributed by atoms with Crippen molar-refractivity contribution < 1.29 is 19.2 Å². The number of nitro groups is 1. The molecular formula is C20H17N3O5S. The number of rotatable bonds is 6. The van der Waals surface area contributed by atoms with Gasteiger partial charge in [0.15, 0.2) is 11.7 Å². The first-order valence-electron chi connectivity index (χ1n) is 8.58. The lowest BCUT2D eigenvalue weighted by atomic mass is 10.1. The molecule has 148 valence electrons. The van der Waals surface area contributed by atoms with E-state index in [2.05, 4.69) is 10.3 Å². The molecule has 0 aliphatic rings. The van der Waals surface area contributed by atoms with E-state index in [1.165, 1.54) is 36.5 Å². The second kappa shape index (κ2) is 8.61. The number of ether oxygens (including phenoxy) is 1. The third kappa shape index (κ3) is 4.82. The van der Waals surface area contributed by atoms with Gasteiger partial charge in [-0.05, 0) is 19.9 Å². The fourth-order valence-electron chi connectivity index (χ4n) is 2.59. The fourth-order valence-corrected chi connectivity index (χ4v) is 3.33. The highest BCUT2D eigenvalue weighted by atomic mass is 32.1. The Morgan fingerprint density at radius 2 is 1.90 bits per heavy atom. The molecule has 1 N–H and O–H groups in total. The van der Waals surface area contributed by atoms with E-state index in [4.69, 9.17) is 4.74 Å². The Balaban J connectivity index is 1.59. The molecule has 0 aliphatic carbocycles. The average molecular weight is 411 g/mol. The van der Waals surface area contributed by atoms with Crippen LogP contribution in [0.1, 0.15) is 21.5 Å². The molecule has 1 aromatic heterocycles. The topological polar surface area (TPSA) is 111 Å². The number of nitrogens with zero attached hydrogens (tertiary/aromatic N) is 2. The Bertz CT molecular complexity index is 1080. The minimum Gasteiger partial charge on any atom is -0.452 e. The Hall–Kier alpha value is -3.59. The number of aryl methyl sites for hydroxylation is 1. The van der Waals surface area contributed by atoms with Gasteiger partial charge in [-0.25, -0.2) is 9.78 Å². The van der Waals surface area contributed by atoms with E-state index in [0.29, 0.717) is 5.13 Å². The molecule has 0 fully saturated rings. The van der Waals surface area contributed by atoms with Crippen molar-refractivity contribution in [3.8, 4) is 11.3 Å². The first-order chi connectivity index (χ1) is 13.8. The predicted octanol–water partition coefficient (Wildman–Crippen LogP) is 4.13. The van der Waals surface area contributed by atoms with Crippen LogP contribution in [0.5, 0.6) is 0 Å². The van der Waals surface area contributed by atoms with Crippen LogP contribution in [0.25, 0.3) is 11.3 Å². The van der Waals surface area contributed by atoms with Crippen LogP contribution in [0.4, 0.5) is 10.8 Å². The van der Waals surface area contributed by atoms with Gasteiger partial charge in [0.2, 0.25) is 0 Å². The van der Waals surface area contributed by atoms with Crippen molar-refractivity contribution in [3.63, 3.8) is 0 Å². The third-order valence-electron chi connectivity index (χ3n) is 4.15. The molecular weight excluding hydrogens is 394 g/mol. The van der Waals surface area contributed by atoms with Gasteiger partial charge in [-0.3, -0.25) is 20.2 Å². The Morgan fingerprint density at radius 1 is 1.17 bits per heavy atom. The number of carbonyl (C=O) groups is 2. The average Bonchev–Trinajstić information content (AvgIpc) is 3.15. The summed E-state index contributed by atoms with van der Waals surface area (Å²) in [7, 11) is 0. The summed E-state index contributed by atoms with van der Waals surface area (Å²) in [5, 5.41) is 15.7. The summed E-state index contributed by atoms with van der Waals surface area (Å²) in [5.74, 6) is -1.35. The molecule has 1 heterocycles. The van der Waals surface area contributed by atoms with Crippen LogP contribution >= 0.6 is 11.3 Å². The SMILES string of the molecule is Cc1ccc(-c2csc(NC(=O)COC(=O)c3cccc([N+](=O)[O-])c3C)n2)cc1. The number of hydrogen-bond donors (Lipinski definition) is 1. The van der Waals surface area contributed by atoms with Crippen molar-refractivity contribution in [1.29, 1.82) is 0 Å². The number of nitro benzene ring substituents is 1. The van der Waals surface area contributed by atoms with Crippen LogP contribution in [-0.2, 0) is 9.53 Å². The summed E-state index contributed by atoms with van der Waals surface area (Å²) in [6.07, 6.45) is 0. The Labute approximate surface area is 170 Å². The summed E-state index contributed by atoms with van der Waals surface area (Å²) in [6.45, 7) is 2.92. The summed E-state index contributed by atoms with van der Waals surface area (Å²) >= 11 is 1.26. The normalized spacial score (nSPS) is 10.4. The number of amides is 1. The molecule has 3 aromatic rings. The number of benzene rings is 2. The second-order valence-electron chi connectivity index (χ2n) is 6.24. The lowest BCUT2D eigenvalue weighted by molar-refractivity contribution is -0.385. The van der Waals surface area contributed by atoms with Crippen LogP contribution in [0, 0.1) is 24.0 Å². The molecule has 0 radical (unpaired) electrons. The molecule has 1 amide bonds. The minimum absolute atomic E-state index is 0.0444. The quantitative estimate of drug-likeness (QED) is 0.371. The van der Waals surface area contributed by atoms with E-state index >= 15 is 0 Å². The number of nitrogens with one attached hydrogen (secondary N) is 1. The minimum atomic E-state index is -0.805. The lowest BCUT2D eigenvalue weighted by Gasteiger charge is -2.07. The zero-order valence-electron chi connectivity index (χ0n) is 15.7. The molecule has 0 saturated carbocycles. The van der Waals surface area contributed by atoms with Gasteiger partial charge in [0.1, 0.15) is 0 Å². The predicted molar refractivity (Wildman–Crippen MR) is 109 cm³/mol. The van der Waals surface area contributed by atoms with Crippen molar-refractivity contribution in [3.05, 3.63) is 74.6 Å². The van der Waals surface area contributed by atoms with Crippen molar-refractivity contribution in [2.24, 2.45) is 0 Å². The van der Waals surface area contributed by atoms with E-state index in [9.17, 15) is 19.7 Å². The number of anilines is 1. The smallest absolute Gasteiger partial charge is 0.339 e. The van der Waals surface area contributed by atoms with Crippen molar-refractivity contribution in [2.75, 3.05) is 11.9 Å². The van der Waals surface area contributed by atoms with Crippen molar-refractivity contribution >= 4 is 34.0 Å². The van der Waals surface area contributed by atoms with Gasteiger partial charge in [-0.15, -0.1) is 11.3 Å². The molecule has 0 aliphatic heterocycles. The number of aromatic nitrogens is 1. The van der Waals surface area contributed by atoms with Crippen LogP contribution < -0.4 is 5.32 Å². The highest BCUT2D eigenvalue weighted by Crippen LogP contribution is 2.25. The van der Waals surface area contributed by atoms with Crippen molar-refractivity contribution in [2.45, 2.75) is 13.8 Å². The first kappa shape index (κ1) is 20.2. The molecule has 0 saturated heterocycles. The van der Waals surface area contributed by atoms with E-state index in [0.717, 1.165) is 16.8 Å². The Kier molecular flexibility index (Phi) is 5.99. The van der Waals surface area contributed by atoms with E-state index in [1.807, 2.05) is 36.6 Å². The lowest BCUT2D eigenvalue weighted by Crippen LogP contribution is -2.21. The molecule has 3 rings (SSSR count). The first-order valence-corrected chi connectivity index (χ1v) is 9.46. The van der Waals surface area contributed by atoms with Crippen LogP contribution in [0.3, 0.4) is 0 Å². The molecule has 0 unspecified atom stereocenters. The summed E-state index contributed by atoms with van der Waals surface area (Å²) in [6, 6.07) is 11.9. The van der Waals surface area contributed by atoms with Gasteiger partial charge in [-0.1, -0.05) is 35.9 Å². The zero-order chi connectivity index (χ0) is 21.0. The number of esters is 1. The number of thiazole rings is 1. The van der Waals surface area contributed by atoms with Crippen LogP contribution in [-0.4, -0.2) is 28.4 Å². The highest BCUT2D eigenvalue weighted by Gasteiger charge is 2.20. The molecule has 9 heteroatoms. The van der Waals surface area contributed by atoms with Gasteiger partial charge in [-0.2, -0.15) is 0 Å². The number of carbonyl (C=O) groups excluding carboxylic acids is 2. The van der Waals surface area contributed by atoms with Gasteiger partial charge in [0.25, 0.3) is 11.6 Å². The summed E-state index contributed by atoms with van der Waals surface area (Å²) in [4.78, 5) is 39.0. The zero-order valence-corrected chi connectivity index (χ0v) is 16.5. The molecule has 0 spiro atoms. The maximum Gasteiger partial charge on any atom is 0.339 e.